The summed E-state index contributed by atoms with van der Waals surface area (Å²) < 4.78 is 21.0. The number of ether oxygens (including phenoxy) is 3. The lowest BCUT2D eigenvalue weighted by molar-refractivity contribution is 0.324. The molecule has 0 bridgehead atoms. The summed E-state index contributed by atoms with van der Waals surface area (Å²) in [5.74, 6) is 3.49. The number of aliphatic imine (C=N–C) groups is 1. The Labute approximate surface area is 175 Å². The van der Waals surface area contributed by atoms with Gasteiger partial charge in [0.15, 0.2) is 23.3 Å². The number of benzene rings is 1. The van der Waals surface area contributed by atoms with Crippen molar-refractivity contribution in [2.75, 3.05) is 27.9 Å². The molecule has 0 amide bonds. The molecule has 0 saturated carbocycles. The molecule has 27 heavy (non-hydrogen) atoms. The maximum atomic E-state index is 5.37. The number of aromatic nitrogens is 2. The molecule has 0 spiro atoms. The van der Waals surface area contributed by atoms with Gasteiger partial charge in [0, 0.05) is 13.5 Å². The zero-order valence-electron chi connectivity index (χ0n) is 16.2. The van der Waals surface area contributed by atoms with E-state index in [1.807, 2.05) is 19.1 Å². The summed E-state index contributed by atoms with van der Waals surface area (Å²) in [6, 6.07) is 3.74. The molecule has 0 aliphatic carbocycles. The summed E-state index contributed by atoms with van der Waals surface area (Å²) >= 11 is 0. The first kappa shape index (κ1) is 22.8. The van der Waals surface area contributed by atoms with Gasteiger partial charge in [-0.15, -0.1) is 24.0 Å². The average Bonchev–Trinajstić information content (AvgIpc) is 3.08. The van der Waals surface area contributed by atoms with Gasteiger partial charge in [0.2, 0.25) is 11.6 Å². The van der Waals surface area contributed by atoms with Crippen LogP contribution in [-0.4, -0.2) is 44.0 Å². The standard InChI is InChI=1S/C17H25N5O4.HI/c1-6-18-17(20-10-15-21-11(2)26-22-15)19-9-12-7-13(23-3)16(25-5)14(8-12)24-4;/h7-8H,6,9-10H2,1-5H3,(H2,18,19,20);1H. The largest absolute Gasteiger partial charge is 0.493 e. The zero-order chi connectivity index (χ0) is 18.9. The Morgan fingerprint density at radius 2 is 1.78 bits per heavy atom. The number of guanidine groups is 1. The molecule has 150 valence electrons. The van der Waals surface area contributed by atoms with Gasteiger partial charge in [-0.25, -0.2) is 4.99 Å². The third-order valence-corrected chi connectivity index (χ3v) is 3.47. The van der Waals surface area contributed by atoms with E-state index in [0.717, 1.165) is 12.1 Å². The second-order valence-corrected chi connectivity index (χ2v) is 5.31. The van der Waals surface area contributed by atoms with Gasteiger partial charge in [-0.2, -0.15) is 4.98 Å². The maximum absolute atomic E-state index is 5.37. The molecule has 9 nitrogen and oxygen atoms in total. The van der Waals surface area contributed by atoms with E-state index in [2.05, 4.69) is 25.8 Å². The summed E-state index contributed by atoms with van der Waals surface area (Å²) in [5.41, 5.74) is 0.923. The van der Waals surface area contributed by atoms with Gasteiger partial charge in [-0.05, 0) is 24.6 Å². The van der Waals surface area contributed by atoms with Crippen LogP contribution >= 0.6 is 24.0 Å². The smallest absolute Gasteiger partial charge is 0.223 e. The molecular weight excluding hydrogens is 465 g/mol. The minimum atomic E-state index is 0. The molecule has 1 aromatic carbocycles. The van der Waals surface area contributed by atoms with E-state index in [0.29, 0.717) is 48.0 Å². The molecule has 1 aromatic heterocycles. The van der Waals surface area contributed by atoms with Crippen molar-refractivity contribution in [1.82, 2.24) is 20.8 Å². The van der Waals surface area contributed by atoms with Crippen molar-refractivity contribution in [3.05, 3.63) is 29.4 Å². The van der Waals surface area contributed by atoms with Crippen molar-refractivity contribution in [3.63, 3.8) is 0 Å². The number of methoxy groups -OCH3 is 3. The molecule has 1 heterocycles. The van der Waals surface area contributed by atoms with Crippen LogP contribution in [0.3, 0.4) is 0 Å². The Morgan fingerprint density at radius 1 is 1.11 bits per heavy atom. The molecule has 0 unspecified atom stereocenters. The van der Waals surface area contributed by atoms with E-state index in [1.165, 1.54) is 0 Å². The fraction of sp³-hybridized carbons (Fsp3) is 0.471. The first-order valence-electron chi connectivity index (χ1n) is 8.21. The minimum absolute atomic E-state index is 0. The normalized spacial score (nSPS) is 10.8. The van der Waals surface area contributed by atoms with E-state index in [9.17, 15) is 0 Å². The van der Waals surface area contributed by atoms with Crippen molar-refractivity contribution in [2.24, 2.45) is 4.99 Å². The highest BCUT2D eigenvalue weighted by Gasteiger charge is 2.13. The highest BCUT2D eigenvalue weighted by Crippen LogP contribution is 2.38. The lowest BCUT2D eigenvalue weighted by Crippen LogP contribution is -2.37. The molecule has 0 aliphatic rings. The zero-order valence-corrected chi connectivity index (χ0v) is 18.5. The van der Waals surface area contributed by atoms with Crippen molar-refractivity contribution in [1.29, 1.82) is 0 Å². The SMILES string of the molecule is CCNC(=NCc1cc(OC)c(OC)c(OC)c1)NCc1noc(C)n1.I. The Balaban J connectivity index is 0.00000364. The third-order valence-electron chi connectivity index (χ3n) is 3.47. The number of nitrogens with zero attached hydrogens (tertiary/aromatic N) is 3. The number of hydrogen-bond donors (Lipinski definition) is 2. The molecular formula is C17H26IN5O4. The van der Waals surface area contributed by atoms with E-state index in [4.69, 9.17) is 18.7 Å². The predicted molar refractivity (Wildman–Crippen MR) is 112 cm³/mol. The number of rotatable bonds is 8. The highest BCUT2D eigenvalue weighted by molar-refractivity contribution is 14.0. The fourth-order valence-electron chi connectivity index (χ4n) is 2.31. The van der Waals surface area contributed by atoms with Crippen LogP contribution in [0.2, 0.25) is 0 Å². The molecule has 0 atom stereocenters. The van der Waals surface area contributed by atoms with Gasteiger partial charge in [0.1, 0.15) is 0 Å². The van der Waals surface area contributed by atoms with E-state index in [1.54, 1.807) is 28.3 Å². The van der Waals surface area contributed by atoms with Crippen LogP contribution in [0.4, 0.5) is 0 Å². The van der Waals surface area contributed by atoms with Gasteiger partial charge < -0.3 is 29.4 Å². The van der Waals surface area contributed by atoms with Gasteiger partial charge >= 0.3 is 0 Å². The van der Waals surface area contributed by atoms with Gasteiger partial charge in [-0.3, -0.25) is 0 Å². The van der Waals surface area contributed by atoms with Crippen LogP contribution in [0.25, 0.3) is 0 Å². The van der Waals surface area contributed by atoms with Crippen molar-refractivity contribution in [2.45, 2.75) is 26.9 Å². The second kappa shape index (κ2) is 11.5. The van der Waals surface area contributed by atoms with Crippen molar-refractivity contribution >= 4 is 29.9 Å². The van der Waals surface area contributed by atoms with Crippen molar-refractivity contribution < 1.29 is 18.7 Å². The molecule has 2 rings (SSSR count). The summed E-state index contributed by atoms with van der Waals surface area (Å²) in [4.78, 5) is 8.72. The van der Waals surface area contributed by atoms with Crippen LogP contribution < -0.4 is 24.8 Å². The summed E-state index contributed by atoms with van der Waals surface area (Å²) in [6.07, 6.45) is 0. The van der Waals surface area contributed by atoms with Crippen molar-refractivity contribution in [3.8, 4) is 17.2 Å². The molecule has 2 aromatic rings. The lowest BCUT2D eigenvalue weighted by atomic mass is 10.2. The quantitative estimate of drug-likeness (QED) is 0.330. The number of hydrogen-bond acceptors (Lipinski definition) is 7. The summed E-state index contributed by atoms with van der Waals surface area (Å²) in [6.45, 7) is 5.32. The van der Waals surface area contributed by atoms with Crippen LogP contribution in [0.5, 0.6) is 17.2 Å². The van der Waals surface area contributed by atoms with Crippen LogP contribution in [-0.2, 0) is 13.1 Å². The Hall–Kier alpha value is -2.24. The van der Waals surface area contributed by atoms with Crippen LogP contribution in [0.15, 0.2) is 21.6 Å². The predicted octanol–water partition coefficient (Wildman–Crippen LogP) is 2.28. The highest BCUT2D eigenvalue weighted by atomic mass is 127. The Morgan fingerprint density at radius 3 is 2.26 bits per heavy atom. The van der Waals surface area contributed by atoms with Gasteiger partial charge in [0.05, 0.1) is 34.4 Å². The van der Waals surface area contributed by atoms with E-state index < -0.39 is 0 Å². The minimum Gasteiger partial charge on any atom is -0.493 e. The van der Waals surface area contributed by atoms with Crippen LogP contribution in [0, 0.1) is 6.92 Å². The lowest BCUT2D eigenvalue weighted by Gasteiger charge is -2.14. The topological polar surface area (TPSA) is 103 Å². The number of aryl methyl sites for hydroxylation is 1. The maximum Gasteiger partial charge on any atom is 0.223 e. The average molecular weight is 491 g/mol. The van der Waals surface area contributed by atoms with Gasteiger partial charge in [-0.1, -0.05) is 5.16 Å². The van der Waals surface area contributed by atoms with E-state index >= 15 is 0 Å². The number of nitrogens with one attached hydrogen (secondary N) is 2. The third kappa shape index (κ3) is 6.45. The summed E-state index contributed by atoms with van der Waals surface area (Å²) in [7, 11) is 4.75. The van der Waals surface area contributed by atoms with E-state index in [-0.39, 0.29) is 24.0 Å². The fourth-order valence-corrected chi connectivity index (χ4v) is 2.31. The second-order valence-electron chi connectivity index (χ2n) is 5.31. The Bertz CT molecular complexity index is 726. The van der Waals surface area contributed by atoms with Crippen LogP contribution in [0.1, 0.15) is 24.2 Å². The number of halogens is 1. The molecule has 2 N–H and O–H groups in total. The molecule has 10 heteroatoms. The monoisotopic (exact) mass is 491 g/mol. The molecule has 0 fully saturated rings. The van der Waals surface area contributed by atoms with Gasteiger partial charge in [0.25, 0.3) is 0 Å². The molecule has 0 saturated heterocycles. The summed E-state index contributed by atoms with van der Waals surface area (Å²) in [5, 5.41) is 10.2. The molecule has 0 radical (unpaired) electrons. The first-order chi connectivity index (χ1) is 12.6. The molecule has 0 aliphatic heterocycles. The Kier molecular flexibility index (Phi) is 9.68. The first-order valence-corrected chi connectivity index (χ1v) is 8.21.